The molecule has 1 aromatic carbocycles. The average Bonchev–Trinajstić information content (AvgIpc) is 2.82. The number of rotatable bonds is 3. The van der Waals surface area contributed by atoms with Crippen LogP contribution in [0, 0.1) is 0 Å². The molecular weight excluding hydrogens is 208 g/mol. The summed E-state index contributed by atoms with van der Waals surface area (Å²) >= 11 is 0. The van der Waals surface area contributed by atoms with Gasteiger partial charge in [-0.1, -0.05) is 0 Å². The lowest BCUT2D eigenvalue weighted by Gasteiger charge is -2.04. The molecule has 1 N–H and O–H groups in total. The summed E-state index contributed by atoms with van der Waals surface area (Å²) in [6, 6.07) is 6.78. The summed E-state index contributed by atoms with van der Waals surface area (Å²) in [5, 5.41) is 3.76. The fourth-order valence-electron chi connectivity index (χ4n) is 1.18. The number of amides is 1. The molecule has 0 aliphatic heterocycles. The fraction of sp³-hybridized carbons (Fsp3) is 0.100. The van der Waals surface area contributed by atoms with Gasteiger partial charge >= 0.3 is 0 Å². The quantitative estimate of drug-likeness (QED) is 0.822. The second-order valence-corrected chi connectivity index (χ2v) is 3.01. The summed E-state index contributed by atoms with van der Waals surface area (Å²) in [6.45, 7) is 0. The Balaban J connectivity index is 2.09. The van der Waals surface area contributed by atoms with Gasteiger partial charge in [-0.25, -0.2) is 10.4 Å². The third kappa shape index (κ3) is 2.17. The first-order chi connectivity index (χ1) is 7.79. The smallest absolute Gasteiger partial charge is 0.271 e. The standard InChI is InChI=1S/C10H10N4O2/c1-16-9-4-2-8(3-5-9)10(15)13-14-7-11-6-12-14/h2-7H,1H3,(H,13,15). The minimum Gasteiger partial charge on any atom is -0.497 e. The van der Waals surface area contributed by atoms with Crippen molar-refractivity contribution in [2.45, 2.75) is 0 Å². The number of hydrogen-bond donors (Lipinski definition) is 1. The van der Waals surface area contributed by atoms with Gasteiger partial charge in [0, 0.05) is 5.56 Å². The van der Waals surface area contributed by atoms with E-state index in [0.717, 1.165) is 0 Å². The van der Waals surface area contributed by atoms with Gasteiger partial charge in [-0.15, -0.1) is 5.10 Å². The Morgan fingerprint density at radius 3 is 2.69 bits per heavy atom. The Morgan fingerprint density at radius 2 is 2.12 bits per heavy atom. The molecule has 6 nitrogen and oxygen atoms in total. The van der Waals surface area contributed by atoms with Crippen molar-refractivity contribution in [3.05, 3.63) is 42.5 Å². The summed E-state index contributed by atoms with van der Waals surface area (Å²) in [5.74, 6) is 0.449. The SMILES string of the molecule is COc1ccc(C(=O)Nn2cncn2)cc1. The molecule has 0 saturated carbocycles. The van der Waals surface area contributed by atoms with E-state index in [1.54, 1.807) is 31.4 Å². The monoisotopic (exact) mass is 218 g/mol. The Morgan fingerprint density at radius 1 is 1.38 bits per heavy atom. The summed E-state index contributed by atoms with van der Waals surface area (Å²) in [6.07, 6.45) is 2.75. The number of methoxy groups -OCH3 is 1. The molecule has 0 saturated heterocycles. The highest BCUT2D eigenvalue weighted by molar-refractivity contribution is 5.99. The third-order valence-corrected chi connectivity index (χ3v) is 1.99. The van der Waals surface area contributed by atoms with E-state index >= 15 is 0 Å². The highest BCUT2D eigenvalue weighted by Crippen LogP contribution is 2.11. The lowest BCUT2D eigenvalue weighted by molar-refractivity contribution is 0.100. The van der Waals surface area contributed by atoms with E-state index in [4.69, 9.17) is 4.74 Å². The van der Waals surface area contributed by atoms with Crippen LogP contribution in [0.3, 0.4) is 0 Å². The molecule has 1 heterocycles. The molecule has 0 bridgehead atoms. The minimum atomic E-state index is -0.256. The maximum atomic E-state index is 11.7. The second-order valence-electron chi connectivity index (χ2n) is 3.01. The van der Waals surface area contributed by atoms with Crippen molar-refractivity contribution in [2.75, 3.05) is 12.5 Å². The zero-order valence-corrected chi connectivity index (χ0v) is 8.62. The van der Waals surface area contributed by atoms with Crippen molar-refractivity contribution >= 4 is 5.91 Å². The van der Waals surface area contributed by atoms with Crippen LogP contribution in [-0.4, -0.2) is 27.9 Å². The molecule has 0 aliphatic carbocycles. The van der Waals surface area contributed by atoms with Crippen LogP contribution in [-0.2, 0) is 0 Å². The van der Waals surface area contributed by atoms with E-state index in [-0.39, 0.29) is 5.91 Å². The normalized spacial score (nSPS) is 9.81. The highest BCUT2D eigenvalue weighted by atomic mass is 16.5. The van der Waals surface area contributed by atoms with Gasteiger partial charge in [-0.3, -0.25) is 4.79 Å². The van der Waals surface area contributed by atoms with Crippen molar-refractivity contribution in [2.24, 2.45) is 0 Å². The van der Waals surface area contributed by atoms with Gasteiger partial charge in [0.25, 0.3) is 5.91 Å². The molecule has 1 aromatic heterocycles. The fourth-order valence-corrected chi connectivity index (χ4v) is 1.18. The van der Waals surface area contributed by atoms with E-state index in [1.165, 1.54) is 17.4 Å². The molecule has 0 unspecified atom stereocenters. The molecule has 6 heteroatoms. The molecular formula is C10H10N4O2. The van der Waals surface area contributed by atoms with Crippen LogP contribution >= 0.6 is 0 Å². The van der Waals surface area contributed by atoms with Crippen molar-refractivity contribution in [1.82, 2.24) is 14.9 Å². The molecule has 0 radical (unpaired) electrons. The van der Waals surface area contributed by atoms with Crippen molar-refractivity contribution in [1.29, 1.82) is 0 Å². The predicted molar refractivity (Wildman–Crippen MR) is 56.7 cm³/mol. The molecule has 82 valence electrons. The average molecular weight is 218 g/mol. The van der Waals surface area contributed by atoms with Crippen LogP contribution < -0.4 is 10.2 Å². The van der Waals surface area contributed by atoms with Crippen molar-refractivity contribution < 1.29 is 9.53 Å². The molecule has 0 spiro atoms. The van der Waals surface area contributed by atoms with Crippen molar-refractivity contribution in [3.63, 3.8) is 0 Å². The minimum absolute atomic E-state index is 0.256. The maximum absolute atomic E-state index is 11.7. The van der Waals surface area contributed by atoms with E-state index in [0.29, 0.717) is 11.3 Å². The summed E-state index contributed by atoms with van der Waals surface area (Å²) < 4.78 is 5.00. The number of carbonyl (C=O) groups excluding carboxylic acids is 1. The lowest BCUT2D eigenvalue weighted by Crippen LogP contribution is -2.23. The van der Waals surface area contributed by atoms with E-state index < -0.39 is 0 Å². The van der Waals surface area contributed by atoms with E-state index in [2.05, 4.69) is 15.5 Å². The zero-order chi connectivity index (χ0) is 11.4. The number of benzene rings is 1. The number of ether oxygens (including phenoxy) is 1. The number of nitrogens with one attached hydrogen (secondary N) is 1. The number of carbonyl (C=O) groups is 1. The number of hydrogen-bond acceptors (Lipinski definition) is 4. The Bertz CT molecular complexity index is 464. The Hall–Kier alpha value is -2.37. The van der Waals surface area contributed by atoms with Gasteiger partial charge in [0.05, 0.1) is 7.11 Å². The van der Waals surface area contributed by atoms with Crippen LogP contribution in [0.1, 0.15) is 10.4 Å². The first-order valence-corrected chi connectivity index (χ1v) is 4.59. The molecule has 1 amide bonds. The van der Waals surface area contributed by atoms with Crippen molar-refractivity contribution in [3.8, 4) is 5.75 Å². The Kier molecular flexibility index (Phi) is 2.81. The van der Waals surface area contributed by atoms with E-state index in [1.807, 2.05) is 0 Å². The summed E-state index contributed by atoms with van der Waals surface area (Å²) in [4.78, 5) is 16.6. The lowest BCUT2D eigenvalue weighted by atomic mass is 10.2. The predicted octanol–water partition coefficient (Wildman–Crippen LogP) is 0.671. The molecule has 0 atom stereocenters. The highest BCUT2D eigenvalue weighted by Gasteiger charge is 2.05. The van der Waals surface area contributed by atoms with Crippen LogP contribution in [0.5, 0.6) is 5.75 Å². The second kappa shape index (κ2) is 4.43. The van der Waals surface area contributed by atoms with Crippen LogP contribution in [0.15, 0.2) is 36.9 Å². The zero-order valence-electron chi connectivity index (χ0n) is 8.62. The molecule has 2 rings (SSSR count). The van der Waals surface area contributed by atoms with Gasteiger partial charge in [0.15, 0.2) is 0 Å². The van der Waals surface area contributed by atoms with Gasteiger partial charge in [0.1, 0.15) is 18.4 Å². The van der Waals surface area contributed by atoms with Crippen LogP contribution in [0.4, 0.5) is 0 Å². The third-order valence-electron chi connectivity index (χ3n) is 1.99. The van der Waals surface area contributed by atoms with Gasteiger partial charge < -0.3 is 4.74 Å². The van der Waals surface area contributed by atoms with E-state index in [9.17, 15) is 4.79 Å². The maximum Gasteiger partial charge on any atom is 0.271 e. The first-order valence-electron chi connectivity index (χ1n) is 4.59. The van der Waals surface area contributed by atoms with Gasteiger partial charge in [0.2, 0.25) is 0 Å². The molecule has 0 aliphatic rings. The van der Waals surface area contributed by atoms with Gasteiger partial charge in [-0.05, 0) is 24.3 Å². The number of nitrogens with zero attached hydrogens (tertiary/aromatic N) is 3. The molecule has 0 fully saturated rings. The van der Waals surface area contributed by atoms with Crippen LogP contribution in [0.2, 0.25) is 0 Å². The topological polar surface area (TPSA) is 69.0 Å². The Labute approximate surface area is 91.8 Å². The van der Waals surface area contributed by atoms with Crippen LogP contribution in [0.25, 0.3) is 0 Å². The van der Waals surface area contributed by atoms with Gasteiger partial charge in [-0.2, -0.15) is 4.79 Å². The number of aromatic nitrogens is 3. The first kappa shape index (κ1) is 10.2. The molecule has 16 heavy (non-hydrogen) atoms. The molecule has 2 aromatic rings. The summed E-state index contributed by atoms with van der Waals surface area (Å²) in [7, 11) is 1.57. The largest absolute Gasteiger partial charge is 0.497 e. The summed E-state index contributed by atoms with van der Waals surface area (Å²) in [5.41, 5.74) is 3.06.